The van der Waals surface area contributed by atoms with Crippen LogP contribution in [0.25, 0.3) is 0 Å². The molecule has 2 atom stereocenters. The third-order valence-electron chi connectivity index (χ3n) is 4.92. The van der Waals surface area contributed by atoms with Crippen LogP contribution in [-0.4, -0.2) is 75.9 Å². The van der Waals surface area contributed by atoms with Crippen LogP contribution in [0.5, 0.6) is 0 Å². The molecule has 0 aromatic carbocycles. The summed E-state index contributed by atoms with van der Waals surface area (Å²) in [5.74, 6) is 0.101. The number of carbonyl (C=O) groups excluding carboxylic acids is 1. The molecule has 9 heteroatoms. The standard InChI is InChI=1S/C15H27N7O2/c16-13-2-1-12(9-21(10-13)14-3-7-24-8-4-14)15(23)17-5-6-22-11-18-19-20-22/h11-14H,1-10,16H2,(H,17,23)/t12-,13+/m1/s1. The van der Waals surface area contributed by atoms with Crippen LogP contribution in [0.15, 0.2) is 6.33 Å². The molecule has 3 rings (SSSR count). The normalized spacial score (nSPS) is 26.9. The zero-order valence-corrected chi connectivity index (χ0v) is 14.0. The first-order valence-electron chi connectivity index (χ1n) is 8.78. The van der Waals surface area contributed by atoms with Crippen LogP contribution in [0, 0.1) is 5.92 Å². The van der Waals surface area contributed by atoms with E-state index < -0.39 is 0 Å². The first kappa shape index (κ1) is 17.2. The molecule has 3 N–H and O–H groups in total. The second-order valence-electron chi connectivity index (χ2n) is 6.70. The monoisotopic (exact) mass is 337 g/mol. The summed E-state index contributed by atoms with van der Waals surface area (Å²) in [4.78, 5) is 15.0. The van der Waals surface area contributed by atoms with Gasteiger partial charge in [0.15, 0.2) is 0 Å². The molecule has 3 heterocycles. The molecule has 1 aromatic rings. The summed E-state index contributed by atoms with van der Waals surface area (Å²) in [6.45, 7) is 4.38. The molecular formula is C15H27N7O2. The van der Waals surface area contributed by atoms with Crippen LogP contribution in [0.4, 0.5) is 0 Å². The molecule has 0 aliphatic carbocycles. The lowest BCUT2D eigenvalue weighted by molar-refractivity contribution is -0.126. The fraction of sp³-hybridized carbons (Fsp3) is 0.867. The van der Waals surface area contributed by atoms with Crippen molar-refractivity contribution < 1.29 is 9.53 Å². The second kappa shape index (κ2) is 8.50. The van der Waals surface area contributed by atoms with E-state index in [9.17, 15) is 4.79 Å². The SMILES string of the molecule is N[C@H]1CC[C@@H](C(=O)NCCn2cnnn2)CN(C2CCOCC2)C1. The summed E-state index contributed by atoms with van der Waals surface area (Å²) in [7, 11) is 0. The van der Waals surface area contributed by atoms with Crippen molar-refractivity contribution in [1.29, 1.82) is 0 Å². The van der Waals surface area contributed by atoms with Crippen LogP contribution in [0.2, 0.25) is 0 Å². The van der Waals surface area contributed by atoms with Gasteiger partial charge in [-0.1, -0.05) is 0 Å². The van der Waals surface area contributed by atoms with E-state index >= 15 is 0 Å². The van der Waals surface area contributed by atoms with Crippen molar-refractivity contribution in [3.8, 4) is 0 Å². The minimum absolute atomic E-state index is 0.00438. The number of amides is 1. The van der Waals surface area contributed by atoms with Gasteiger partial charge >= 0.3 is 0 Å². The van der Waals surface area contributed by atoms with Crippen LogP contribution >= 0.6 is 0 Å². The zero-order valence-electron chi connectivity index (χ0n) is 14.0. The van der Waals surface area contributed by atoms with Crippen molar-refractivity contribution in [3.05, 3.63) is 6.33 Å². The predicted octanol–water partition coefficient (Wildman–Crippen LogP) is -0.992. The first-order chi connectivity index (χ1) is 11.7. The van der Waals surface area contributed by atoms with Gasteiger partial charge < -0.3 is 15.8 Å². The molecule has 1 aromatic heterocycles. The van der Waals surface area contributed by atoms with E-state index in [4.69, 9.17) is 10.5 Å². The molecule has 2 aliphatic rings. The smallest absolute Gasteiger partial charge is 0.224 e. The molecule has 0 bridgehead atoms. The maximum atomic E-state index is 12.6. The number of hydrogen-bond donors (Lipinski definition) is 2. The van der Waals surface area contributed by atoms with Crippen LogP contribution in [-0.2, 0) is 16.1 Å². The number of nitrogens with one attached hydrogen (secondary N) is 1. The Bertz CT molecular complexity index is 504. The fourth-order valence-corrected chi connectivity index (χ4v) is 3.54. The minimum atomic E-state index is -0.00438. The maximum absolute atomic E-state index is 12.6. The first-order valence-corrected chi connectivity index (χ1v) is 8.78. The number of rotatable bonds is 5. The highest BCUT2D eigenvalue weighted by Crippen LogP contribution is 2.22. The Kier molecular flexibility index (Phi) is 6.11. The van der Waals surface area contributed by atoms with Gasteiger partial charge in [-0.05, 0) is 36.1 Å². The van der Waals surface area contributed by atoms with Gasteiger partial charge in [0.05, 0.1) is 12.5 Å². The van der Waals surface area contributed by atoms with E-state index in [0.717, 1.165) is 52.0 Å². The molecule has 0 unspecified atom stereocenters. The zero-order chi connectivity index (χ0) is 16.8. The van der Waals surface area contributed by atoms with Gasteiger partial charge in [-0.3, -0.25) is 9.69 Å². The largest absolute Gasteiger partial charge is 0.381 e. The molecule has 2 fully saturated rings. The fourth-order valence-electron chi connectivity index (χ4n) is 3.54. The van der Waals surface area contributed by atoms with Gasteiger partial charge in [0, 0.05) is 44.9 Å². The van der Waals surface area contributed by atoms with Crippen molar-refractivity contribution in [2.45, 2.75) is 44.3 Å². The Hall–Kier alpha value is -1.58. The lowest BCUT2D eigenvalue weighted by atomic mass is 10.0. The van der Waals surface area contributed by atoms with Gasteiger partial charge in [-0.2, -0.15) is 0 Å². The van der Waals surface area contributed by atoms with Crippen LogP contribution in [0.3, 0.4) is 0 Å². The number of likely N-dealkylation sites (tertiary alicyclic amines) is 1. The Morgan fingerprint density at radius 2 is 2.08 bits per heavy atom. The van der Waals surface area contributed by atoms with E-state index in [1.54, 1.807) is 11.0 Å². The molecule has 0 radical (unpaired) electrons. The highest BCUT2D eigenvalue weighted by molar-refractivity contribution is 5.78. The number of tetrazole rings is 1. The van der Waals surface area contributed by atoms with Crippen molar-refractivity contribution in [3.63, 3.8) is 0 Å². The quantitative estimate of drug-likeness (QED) is 0.709. The highest BCUT2D eigenvalue weighted by atomic mass is 16.5. The molecule has 0 saturated carbocycles. The molecule has 134 valence electrons. The summed E-state index contributed by atoms with van der Waals surface area (Å²) in [5, 5.41) is 14.0. The number of carbonyl (C=O) groups is 1. The van der Waals surface area contributed by atoms with Crippen LogP contribution in [0.1, 0.15) is 25.7 Å². The van der Waals surface area contributed by atoms with E-state index in [1.807, 2.05) is 0 Å². The molecule has 0 spiro atoms. The average molecular weight is 337 g/mol. The topological polar surface area (TPSA) is 111 Å². The maximum Gasteiger partial charge on any atom is 0.224 e. The van der Waals surface area contributed by atoms with Gasteiger partial charge in [-0.25, -0.2) is 4.68 Å². The van der Waals surface area contributed by atoms with Gasteiger partial charge in [0.2, 0.25) is 5.91 Å². The summed E-state index contributed by atoms with van der Waals surface area (Å²) in [6, 6.07) is 0.631. The molecule has 1 amide bonds. The summed E-state index contributed by atoms with van der Waals surface area (Å²) < 4.78 is 7.06. The third kappa shape index (κ3) is 4.71. The number of nitrogens with two attached hydrogens (primary N) is 1. The molecule has 2 aliphatic heterocycles. The Labute approximate surface area is 141 Å². The van der Waals surface area contributed by atoms with Crippen molar-refractivity contribution >= 4 is 5.91 Å². The highest BCUT2D eigenvalue weighted by Gasteiger charge is 2.31. The number of aromatic nitrogens is 4. The van der Waals surface area contributed by atoms with Gasteiger partial charge in [0.1, 0.15) is 6.33 Å². The second-order valence-corrected chi connectivity index (χ2v) is 6.70. The van der Waals surface area contributed by atoms with Crippen LogP contribution < -0.4 is 11.1 Å². The lowest BCUT2D eigenvalue weighted by Gasteiger charge is -2.35. The third-order valence-corrected chi connectivity index (χ3v) is 4.92. The summed E-state index contributed by atoms with van der Waals surface area (Å²) in [6.07, 6.45) is 5.34. The molecule has 24 heavy (non-hydrogen) atoms. The number of ether oxygens (including phenoxy) is 1. The van der Waals surface area contributed by atoms with E-state index in [0.29, 0.717) is 19.1 Å². The summed E-state index contributed by atoms with van der Waals surface area (Å²) in [5.41, 5.74) is 6.23. The number of nitrogens with zero attached hydrogens (tertiary/aromatic N) is 5. The van der Waals surface area contributed by atoms with E-state index in [1.165, 1.54) is 0 Å². The Balaban J connectivity index is 1.51. The lowest BCUT2D eigenvalue weighted by Crippen LogP contribution is -2.47. The Morgan fingerprint density at radius 3 is 2.83 bits per heavy atom. The van der Waals surface area contributed by atoms with Crippen molar-refractivity contribution in [2.24, 2.45) is 11.7 Å². The van der Waals surface area contributed by atoms with Crippen molar-refractivity contribution in [2.75, 3.05) is 32.8 Å². The average Bonchev–Trinajstić information content (AvgIpc) is 3.03. The predicted molar refractivity (Wildman–Crippen MR) is 86.9 cm³/mol. The van der Waals surface area contributed by atoms with Gasteiger partial charge in [-0.15, -0.1) is 5.10 Å². The molecular weight excluding hydrogens is 310 g/mol. The minimum Gasteiger partial charge on any atom is -0.381 e. The summed E-state index contributed by atoms with van der Waals surface area (Å²) >= 11 is 0. The number of hydrogen-bond acceptors (Lipinski definition) is 7. The van der Waals surface area contributed by atoms with E-state index in [-0.39, 0.29) is 17.9 Å². The van der Waals surface area contributed by atoms with Crippen molar-refractivity contribution in [1.82, 2.24) is 30.4 Å². The molecule has 2 saturated heterocycles. The van der Waals surface area contributed by atoms with Gasteiger partial charge in [0.25, 0.3) is 0 Å². The molecule has 9 nitrogen and oxygen atoms in total. The van der Waals surface area contributed by atoms with E-state index in [2.05, 4.69) is 25.7 Å². The Morgan fingerprint density at radius 1 is 1.25 bits per heavy atom.